The van der Waals surface area contributed by atoms with E-state index in [2.05, 4.69) is 60.0 Å². The second kappa shape index (κ2) is 11.3. The fourth-order valence-corrected chi connectivity index (χ4v) is 5.50. The molecule has 1 unspecified atom stereocenters. The Hall–Kier alpha value is -3.84. The van der Waals surface area contributed by atoms with Gasteiger partial charge in [0.05, 0.1) is 25.3 Å². The van der Waals surface area contributed by atoms with Gasteiger partial charge in [0.15, 0.2) is 0 Å². The molecule has 3 atom stereocenters. The van der Waals surface area contributed by atoms with Gasteiger partial charge in [0.1, 0.15) is 0 Å². The van der Waals surface area contributed by atoms with Gasteiger partial charge in [-0.15, -0.1) is 0 Å². The molecule has 0 aromatic heterocycles. The van der Waals surface area contributed by atoms with Gasteiger partial charge in [0.2, 0.25) is 5.91 Å². The maximum Gasteiger partial charge on any atom is 0.337 e. The van der Waals surface area contributed by atoms with E-state index in [1.54, 1.807) is 19.1 Å². The van der Waals surface area contributed by atoms with Crippen LogP contribution in [0.3, 0.4) is 0 Å². The number of rotatable bonds is 7. The molecule has 3 aromatic carbocycles. The Morgan fingerprint density at radius 2 is 1.82 bits per heavy atom. The van der Waals surface area contributed by atoms with Crippen LogP contribution in [0.5, 0.6) is 0 Å². The number of esters is 1. The van der Waals surface area contributed by atoms with Crippen LogP contribution >= 0.6 is 0 Å². The maximum atomic E-state index is 12.6. The summed E-state index contributed by atoms with van der Waals surface area (Å²) < 4.78 is 10.3. The van der Waals surface area contributed by atoms with Gasteiger partial charge >= 0.3 is 5.97 Å². The highest BCUT2D eigenvalue weighted by Gasteiger charge is 2.32. The quantitative estimate of drug-likeness (QED) is 0.384. The minimum Gasteiger partial charge on any atom is -0.465 e. The van der Waals surface area contributed by atoms with Gasteiger partial charge in [-0.3, -0.25) is 4.79 Å². The molecule has 2 heterocycles. The molecule has 0 aliphatic carbocycles. The maximum absolute atomic E-state index is 12.6. The molecule has 1 fully saturated rings. The molecule has 2 aliphatic heterocycles. The van der Waals surface area contributed by atoms with Crippen molar-refractivity contribution in [3.63, 3.8) is 0 Å². The van der Waals surface area contributed by atoms with Gasteiger partial charge in [0.25, 0.3) is 0 Å². The summed E-state index contributed by atoms with van der Waals surface area (Å²) in [5.74, 6) is 0.230. The monoisotopic (exact) mass is 513 g/mol. The molecule has 1 saturated heterocycles. The summed E-state index contributed by atoms with van der Waals surface area (Å²) in [5.41, 5.74) is 6.73. The molecule has 5 rings (SSSR count). The predicted octanol–water partition coefficient (Wildman–Crippen LogP) is 5.89. The van der Waals surface area contributed by atoms with Gasteiger partial charge in [-0.1, -0.05) is 18.2 Å². The number of methoxy groups -OCH3 is 1. The number of hydrogen-bond donors (Lipinski definition) is 2. The summed E-state index contributed by atoms with van der Waals surface area (Å²) in [4.78, 5) is 26.3. The topological polar surface area (TPSA) is 79.9 Å². The summed E-state index contributed by atoms with van der Waals surface area (Å²) in [5, 5.41) is 7.21. The molecule has 198 valence electrons. The molecule has 1 amide bonds. The van der Waals surface area contributed by atoms with E-state index < -0.39 is 0 Å². The third-order valence-electron chi connectivity index (χ3n) is 7.48. The van der Waals surface area contributed by atoms with E-state index in [1.165, 1.54) is 7.11 Å². The van der Waals surface area contributed by atoms with Crippen molar-refractivity contribution in [1.29, 1.82) is 0 Å². The number of nitrogens with zero attached hydrogens (tertiary/aromatic N) is 1. The van der Waals surface area contributed by atoms with E-state index in [1.807, 2.05) is 17.0 Å². The van der Waals surface area contributed by atoms with Crippen LogP contribution in [0, 0.1) is 5.92 Å². The smallest absolute Gasteiger partial charge is 0.337 e. The number of nitrogens with one attached hydrogen (secondary N) is 2. The number of anilines is 3. The zero-order chi connectivity index (χ0) is 26.6. The standard InChI is InChI=1S/C31H35N3O4/c1-20-15-29(33-26-10-7-23(8-11-26)31(36)37-3)28-17-25(9-12-30(28)34(20)21(2)35)24-5-4-6-27(16-24)32-18-22-13-14-38-19-22/h4-12,16-17,20,22,29,32-33H,13-15,18-19H2,1-3H3/t20-,22?,29+/m0/s1. The fraction of sp³-hybridized carbons (Fsp3) is 0.355. The van der Waals surface area contributed by atoms with Gasteiger partial charge in [-0.25, -0.2) is 4.79 Å². The van der Waals surface area contributed by atoms with Crippen molar-refractivity contribution in [3.05, 3.63) is 77.9 Å². The molecule has 7 heteroatoms. The predicted molar refractivity (Wildman–Crippen MR) is 151 cm³/mol. The minimum absolute atomic E-state index is 0.00296. The van der Waals surface area contributed by atoms with Crippen LogP contribution in [0.1, 0.15) is 48.7 Å². The SMILES string of the molecule is COC(=O)c1ccc(N[C@@H]2C[C@H](C)N(C(C)=O)c3ccc(-c4cccc(NCC5CCOC5)c4)cc32)cc1. The Kier molecular flexibility index (Phi) is 7.65. The molecule has 0 saturated carbocycles. The van der Waals surface area contributed by atoms with Gasteiger partial charge < -0.3 is 25.0 Å². The van der Waals surface area contributed by atoms with Crippen molar-refractivity contribution in [2.45, 2.75) is 38.8 Å². The molecule has 38 heavy (non-hydrogen) atoms. The Morgan fingerprint density at radius 3 is 2.53 bits per heavy atom. The zero-order valence-corrected chi connectivity index (χ0v) is 22.2. The fourth-order valence-electron chi connectivity index (χ4n) is 5.50. The number of hydrogen-bond acceptors (Lipinski definition) is 6. The van der Waals surface area contributed by atoms with Crippen molar-refractivity contribution >= 4 is 28.9 Å². The summed E-state index contributed by atoms with van der Waals surface area (Å²) >= 11 is 0. The Labute approximate surface area is 224 Å². The summed E-state index contributed by atoms with van der Waals surface area (Å²) in [7, 11) is 1.38. The average molecular weight is 514 g/mol. The van der Waals surface area contributed by atoms with Crippen LogP contribution in [0.25, 0.3) is 11.1 Å². The number of carbonyl (C=O) groups excluding carboxylic acids is 2. The van der Waals surface area contributed by atoms with Crippen molar-refractivity contribution < 1.29 is 19.1 Å². The van der Waals surface area contributed by atoms with E-state index in [4.69, 9.17) is 9.47 Å². The molecular formula is C31H35N3O4. The highest BCUT2D eigenvalue weighted by molar-refractivity contribution is 5.94. The van der Waals surface area contributed by atoms with Crippen molar-refractivity contribution in [2.75, 3.05) is 42.4 Å². The van der Waals surface area contributed by atoms with Crippen molar-refractivity contribution in [3.8, 4) is 11.1 Å². The first-order valence-corrected chi connectivity index (χ1v) is 13.2. The molecule has 3 aromatic rings. The third kappa shape index (κ3) is 5.53. The molecule has 2 N–H and O–H groups in total. The lowest BCUT2D eigenvalue weighted by molar-refractivity contribution is -0.117. The molecular weight excluding hydrogens is 478 g/mol. The highest BCUT2D eigenvalue weighted by Crippen LogP contribution is 2.41. The van der Waals surface area contributed by atoms with Crippen molar-refractivity contribution in [2.24, 2.45) is 5.92 Å². The molecule has 2 aliphatic rings. The van der Waals surface area contributed by atoms with E-state index in [9.17, 15) is 9.59 Å². The Balaban J connectivity index is 1.43. The van der Waals surface area contributed by atoms with Crippen LogP contribution in [-0.2, 0) is 14.3 Å². The molecule has 7 nitrogen and oxygen atoms in total. The second-order valence-corrected chi connectivity index (χ2v) is 10.2. The van der Waals surface area contributed by atoms with E-state index in [0.29, 0.717) is 11.5 Å². The first-order chi connectivity index (χ1) is 18.4. The number of amides is 1. The largest absolute Gasteiger partial charge is 0.465 e. The lowest BCUT2D eigenvalue weighted by Gasteiger charge is -2.39. The highest BCUT2D eigenvalue weighted by atomic mass is 16.5. The summed E-state index contributed by atoms with van der Waals surface area (Å²) in [6.07, 6.45) is 1.86. The number of fused-ring (bicyclic) bond motifs is 1. The Morgan fingerprint density at radius 1 is 1.03 bits per heavy atom. The van der Waals surface area contributed by atoms with Gasteiger partial charge in [-0.2, -0.15) is 0 Å². The second-order valence-electron chi connectivity index (χ2n) is 10.2. The molecule has 0 bridgehead atoms. The van der Waals surface area contributed by atoms with Crippen LogP contribution in [0.2, 0.25) is 0 Å². The molecule has 0 spiro atoms. The lowest BCUT2D eigenvalue weighted by atomic mass is 9.88. The van der Waals surface area contributed by atoms with E-state index in [0.717, 1.165) is 66.4 Å². The van der Waals surface area contributed by atoms with E-state index >= 15 is 0 Å². The number of carbonyl (C=O) groups is 2. The number of benzene rings is 3. The van der Waals surface area contributed by atoms with Gasteiger partial charge in [-0.05, 0) is 85.0 Å². The summed E-state index contributed by atoms with van der Waals surface area (Å²) in [6, 6.07) is 22.2. The van der Waals surface area contributed by atoms with Gasteiger partial charge in [0, 0.05) is 49.1 Å². The van der Waals surface area contributed by atoms with Crippen LogP contribution in [0.15, 0.2) is 66.7 Å². The Bertz CT molecular complexity index is 1300. The van der Waals surface area contributed by atoms with Crippen LogP contribution < -0.4 is 15.5 Å². The minimum atomic E-state index is -0.358. The lowest BCUT2D eigenvalue weighted by Crippen LogP contribution is -2.43. The number of ether oxygens (including phenoxy) is 2. The zero-order valence-electron chi connectivity index (χ0n) is 22.2. The normalized spacial score (nSPS) is 20.5. The summed E-state index contributed by atoms with van der Waals surface area (Å²) in [6.45, 7) is 6.28. The van der Waals surface area contributed by atoms with Crippen LogP contribution in [-0.4, -0.2) is 44.8 Å². The van der Waals surface area contributed by atoms with E-state index in [-0.39, 0.29) is 24.0 Å². The van der Waals surface area contributed by atoms with Crippen molar-refractivity contribution in [1.82, 2.24) is 0 Å². The first kappa shape index (κ1) is 25.8. The van der Waals surface area contributed by atoms with Crippen LogP contribution in [0.4, 0.5) is 17.1 Å². The molecule has 0 radical (unpaired) electrons. The third-order valence-corrected chi connectivity index (χ3v) is 7.48. The first-order valence-electron chi connectivity index (χ1n) is 13.2. The average Bonchev–Trinajstić information content (AvgIpc) is 3.45.